The lowest BCUT2D eigenvalue weighted by atomic mass is 10.1. The van der Waals surface area contributed by atoms with E-state index in [0.29, 0.717) is 12.0 Å². The van der Waals surface area contributed by atoms with Crippen LogP contribution < -0.4 is 4.72 Å². The summed E-state index contributed by atoms with van der Waals surface area (Å²) in [5.74, 6) is -1.50. The maximum atomic E-state index is 12.4. The molecule has 2 N–H and O–H groups in total. The van der Waals surface area contributed by atoms with Gasteiger partial charge in [-0.05, 0) is 24.0 Å². The molecule has 5 nitrogen and oxygen atoms in total. The molecule has 0 spiro atoms. The molecule has 1 aromatic carbocycles. The first kappa shape index (κ1) is 16.7. The second-order valence-electron chi connectivity index (χ2n) is 5.04. The summed E-state index contributed by atoms with van der Waals surface area (Å²) in [6, 6.07) is 5.55. The Kier molecular flexibility index (Phi) is 5.71. The van der Waals surface area contributed by atoms with Crippen LogP contribution in [0.4, 0.5) is 0 Å². The summed E-state index contributed by atoms with van der Waals surface area (Å²) < 4.78 is 27.0. The highest BCUT2D eigenvalue weighted by Gasteiger charge is 2.28. The first-order valence-electron chi connectivity index (χ1n) is 6.62. The maximum Gasteiger partial charge on any atom is 0.322 e. The molecule has 112 valence electrons. The lowest BCUT2D eigenvalue weighted by Crippen LogP contribution is -2.44. The number of aryl methyl sites for hydroxylation is 1. The fourth-order valence-electron chi connectivity index (χ4n) is 1.94. The highest BCUT2D eigenvalue weighted by molar-refractivity contribution is 7.89. The predicted molar refractivity (Wildman–Crippen MR) is 77.0 cm³/mol. The van der Waals surface area contributed by atoms with E-state index in [4.69, 9.17) is 5.11 Å². The van der Waals surface area contributed by atoms with E-state index in [9.17, 15) is 13.2 Å². The van der Waals surface area contributed by atoms with Crippen LogP contribution >= 0.6 is 0 Å². The summed E-state index contributed by atoms with van der Waals surface area (Å²) in [4.78, 5) is 11.3. The van der Waals surface area contributed by atoms with Gasteiger partial charge < -0.3 is 5.11 Å². The molecule has 0 saturated heterocycles. The topological polar surface area (TPSA) is 83.5 Å². The average Bonchev–Trinajstić information content (AvgIpc) is 2.36. The Bertz CT molecular complexity index is 566. The van der Waals surface area contributed by atoms with Crippen LogP contribution in [0, 0.1) is 5.92 Å². The van der Waals surface area contributed by atoms with Crippen molar-refractivity contribution in [2.24, 2.45) is 5.92 Å². The summed E-state index contributed by atoms with van der Waals surface area (Å²) in [6.45, 7) is 5.30. The Morgan fingerprint density at radius 2 is 1.90 bits per heavy atom. The number of aliphatic carboxylic acids is 1. The number of hydrogen-bond donors (Lipinski definition) is 2. The molecule has 20 heavy (non-hydrogen) atoms. The van der Waals surface area contributed by atoms with Crippen molar-refractivity contribution in [2.45, 2.75) is 44.6 Å². The third-order valence-corrected chi connectivity index (χ3v) is 4.54. The molecule has 0 amide bonds. The molecule has 0 unspecified atom stereocenters. The molecule has 0 aliphatic rings. The lowest BCUT2D eigenvalue weighted by Gasteiger charge is -2.19. The van der Waals surface area contributed by atoms with Gasteiger partial charge in [0.2, 0.25) is 10.0 Å². The number of rotatable bonds is 7. The number of carboxylic acid groups (broad SMARTS) is 1. The number of sulfonamides is 1. The van der Waals surface area contributed by atoms with Gasteiger partial charge in [0.05, 0.1) is 4.90 Å². The first-order chi connectivity index (χ1) is 9.29. The first-order valence-corrected chi connectivity index (χ1v) is 8.11. The van der Waals surface area contributed by atoms with E-state index in [1.54, 1.807) is 32.0 Å². The molecule has 0 bridgehead atoms. The van der Waals surface area contributed by atoms with Gasteiger partial charge in [0.15, 0.2) is 0 Å². The van der Waals surface area contributed by atoms with Crippen molar-refractivity contribution < 1.29 is 18.3 Å². The molecule has 1 aromatic rings. The number of carbonyl (C=O) groups is 1. The SMILES string of the molecule is CCCc1ccccc1S(=O)(=O)N[C@@H](C(=O)O)C(C)C. The van der Waals surface area contributed by atoms with Crippen LogP contribution in [0.5, 0.6) is 0 Å². The minimum atomic E-state index is -3.83. The third-order valence-electron chi connectivity index (χ3n) is 3.00. The van der Waals surface area contributed by atoms with Gasteiger partial charge in [-0.3, -0.25) is 4.79 Å². The Hall–Kier alpha value is -1.40. The van der Waals surface area contributed by atoms with Crippen molar-refractivity contribution in [1.29, 1.82) is 0 Å². The normalized spacial score (nSPS) is 13.4. The maximum absolute atomic E-state index is 12.4. The number of benzene rings is 1. The van der Waals surface area contributed by atoms with Gasteiger partial charge in [0.25, 0.3) is 0 Å². The van der Waals surface area contributed by atoms with Crippen LogP contribution in [0.2, 0.25) is 0 Å². The Morgan fingerprint density at radius 3 is 2.40 bits per heavy atom. The average molecular weight is 299 g/mol. The zero-order chi connectivity index (χ0) is 15.3. The summed E-state index contributed by atoms with van der Waals surface area (Å²) in [5, 5.41) is 9.10. The summed E-state index contributed by atoms with van der Waals surface area (Å²) >= 11 is 0. The fourth-order valence-corrected chi connectivity index (χ4v) is 3.55. The number of hydrogen-bond acceptors (Lipinski definition) is 3. The van der Waals surface area contributed by atoms with Gasteiger partial charge in [0, 0.05) is 0 Å². The molecular formula is C14H21NO4S. The van der Waals surface area contributed by atoms with E-state index in [2.05, 4.69) is 4.72 Å². The molecule has 0 aliphatic carbocycles. The van der Waals surface area contributed by atoms with Crippen molar-refractivity contribution in [1.82, 2.24) is 4.72 Å². The molecule has 0 saturated carbocycles. The predicted octanol–water partition coefficient (Wildman–Crippen LogP) is 2.03. The van der Waals surface area contributed by atoms with Crippen molar-refractivity contribution in [3.63, 3.8) is 0 Å². The minimum Gasteiger partial charge on any atom is -0.480 e. The second kappa shape index (κ2) is 6.85. The van der Waals surface area contributed by atoms with Crippen LogP contribution in [0.3, 0.4) is 0 Å². The zero-order valence-electron chi connectivity index (χ0n) is 12.0. The summed E-state index contributed by atoms with van der Waals surface area (Å²) in [5.41, 5.74) is 0.704. The molecule has 1 rings (SSSR count). The van der Waals surface area contributed by atoms with E-state index in [1.165, 1.54) is 6.07 Å². The fraction of sp³-hybridized carbons (Fsp3) is 0.500. The molecule has 0 heterocycles. The van der Waals surface area contributed by atoms with Crippen molar-refractivity contribution in [2.75, 3.05) is 0 Å². The Balaban J connectivity index is 3.14. The summed E-state index contributed by atoms with van der Waals surface area (Å²) in [7, 11) is -3.83. The monoisotopic (exact) mass is 299 g/mol. The summed E-state index contributed by atoms with van der Waals surface area (Å²) in [6.07, 6.45) is 1.45. The standard InChI is InChI=1S/C14H21NO4S/c1-4-7-11-8-5-6-9-12(11)20(18,19)15-13(10(2)3)14(16)17/h5-6,8-10,13,15H,4,7H2,1-3H3,(H,16,17)/t13-/m1/s1. The third kappa shape index (κ3) is 4.05. The highest BCUT2D eigenvalue weighted by atomic mass is 32.2. The molecule has 6 heteroatoms. The lowest BCUT2D eigenvalue weighted by molar-refractivity contribution is -0.140. The van der Waals surface area contributed by atoms with E-state index in [-0.39, 0.29) is 10.8 Å². The van der Waals surface area contributed by atoms with Gasteiger partial charge in [0.1, 0.15) is 6.04 Å². The van der Waals surface area contributed by atoms with Crippen LogP contribution in [0.1, 0.15) is 32.8 Å². The van der Waals surface area contributed by atoms with E-state index in [1.807, 2.05) is 6.92 Å². The molecule has 1 atom stereocenters. The van der Waals surface area contributed by atoms with E-state index < -0.39 is 22.0 Å². The quantitative estimate of drug-likeness (QED) is 0.807. The van der Waals surface area contributed by atoms with Gasteiger partial charge in [-0.25, -0.2) is 8.42 Å². The Labute approximate surface area is 120 Å². The van der Waals surface area contributed by atoms with Crippen molar-refractivity contribution in [3.05, 3.63) is 29.8 Å². The van der Waals surface area contributed by atoms with Crippen LogP contribution in [0.25, 0.3) is 0 Å². The molecule has 0 aliphatic heterocycles. The molecule has 0 radical (unpaired) electrons. The van der Waals surface area contributed by atoms with E-state index >= 15 is 0 Å². The van der Waals surface area contributed by atoms with Crippen LogP contribution in [0.15, 0.2) is 29.2 Å². The van der Waals surface area contributed by atoms with Gasteiger partial charge in [-0.1, -0.05) is 45.4 Å². The van der Waals surface area contributed by atoms with Gasteiger partial charge >= 0.3 is 5.97 Å². The largest absolute Gasteiger partial charge is 0.480 e. The second-order valence-corrected chi connectivity index (χ2v) is 6.72. The van der Waals surface area contributed by atoms with E-state index in [0.717, 1.165) is 6.42 Å². The minimum absolute atomic E-state index is 0.161. The van der Waals surface area contributed by atoms with Crippen molar-refractivity contribution >= 4 is 16.0 Å². The molecular weight excluding hydrogens is 278 g/mol. The molecule has 0 aromatic heterocycles. The van der Waals surface area contributed by atoms with Crippen molar-refractivity contribution in [3.8, 4) is 0 Å². The number of carboxylic acids is 1. The number of nitrogens with one attached hydrogen (secondary N) is 1. The van der Waals surface area contributed by atoms with Gasteiger partial charge in [-0.2, -0.15) is 4.72 Å². The molecule has 0 fully saturated rings. The Morgan fingerprint density at radius 1 is 1.30 bits per heavy atom. The van der Waals surface area contributed by atoms with Crippen LogP contribution in [-0.4, -0.2) is 25.5 Å². The van der Waals surface area contributed by atoms with Crippen LogP contribution in [-0.2, 0) is 21.2 Å². The van der Waals surface area contributed by atoms with Gasteiger partial charge in [-0.15, -0.1) is 0 Å². The zero-order valence-corrected chi connectivity index (χ0v) is 12.8. The smallest absolute Gasteiger partial charge is 0.322 e. The highest BCUT2D eigenvalue weighted by Crippen LogP contribution is 2.18.